The van der Waals surface area contributed by atoms with Crippen molar-refractivity contribution in [3.05, 3.63) is 11.3 Å². The molecule has 74 valence electrons. The Labute approximate surface area is 84.1 Å². The fourth-order valence-corrected chi connectivity index (χ4v) is 1.52. The van der Waals surface area contributed by atoms with Gasteiger partial charge < -0.3 is 5.32 Å². The summed E-state index contributed by atoms with van der Waals surface area (Å²) in [6.45, 7) is 9.10. The number of aromatic nitrogens is 2. The molecule has 3 nitrogen and oxygen atoms in total. The van der Waals surface area contributed by atoms with E-state index in [-0.39, 0.29) is 5.54 Å². The molecule has 0 aromatic carbocycles. The smallest absolute Gasteiger partial charge is 0.150 e. The molecular weight excluding hydrogens is 186 g/mol. The van der Waals surface area contributed by atoms with Crippen LogP contribution in [0.5, 0.6) is 0 Å². The predicted octanol–water partition coefficient (Wildman–Crippen LogP) is 2.72. The standard InChI is InChI=1S/C9H16ClN3/c1-5-11-7-6-12-13(8(7)10)9(2,3)4/h6,11H,5H2,1-4H3. The first-order valence-electron chi connectivity index (χ1n) is 4.44. The highest BCUT2D eigenvalue weighted by atomic mass is 35.5. The summed E-state index contributed by atoms with van der Waals surface area (Å²) in [5, 5.41) is 8.06. The number of rotatable bonds is 2. The van der Waals surface area contributed by atoms with Crippen LogP contribution in [0, 0.1) is 0 Å². The largest absolute Gasteiger partial charge is 0.382 e. The molecule has 0 fully saturated rings. The van der Waals surface area contributed by atoms with Crippen LogP contribution in [0.3, 0.4) is 0 Å². The average molecular weight is 202 g/mol. The summed E-state index contributed by atoms with van der Waals surface area (Å²) in [5.41, 5.74) is 0.837. The van der Waals surface area contributed by atoms with E-state index in [2.05, 4.69) is 31.2 Å². The van der Waals surface area contributed by atoms with Crippen LogP contribution in [0.15, 0.2) is 6.20 Å². The first-order chi connectivity index (χ1) is 5.96. The number of hydrogen-bond donors (Lipinski definition) is 1. The summed E-state index contributed by atoms with van der Waals surface area (Å²) in [4.78, 5) is 0. The van der Waals surface area contributed by atoms with Crippen LogP contribution in [0.2, 0.25) is 5.15 Å². The van der Waals surface area contributed by atoms with E-state index in [1.54, 1.807) is 6.20 Å². The lowest BCUT2D eigenvalue weighted by molar-refractivity contribution is 0.356. The Morgan fingerprint density at radius 2 is 2.15 bits per heavy atom. The molecule has 1 aromatic heterocycles. The van der Waals surface area contributed by atoms with Gasteiger partial charge in [-0.15, -0.1) is 0 Å². The van der Waals surface area contributed by atoms with Crippen molar-refractivity contribution >= 4 is 17.3 Å². The molecule has 0 amide bonds. The van der Waals surface area contributed by atoms with Gasteiger partial charge in [0, 0.05) is 6.54 Å². The Kier molecular flexibility index (Phi) is 2.86. The highest BCUT2D eigenvalue weighted by molar-refractivity contribution is 6.32. The van der Waals surface area contributed by atoms with E-state index < -0.39 is 0 Å². The third-order valence-electron chi connectivity index (χ3n) is 1.71. The van der Waals surface area contributed by atoms with E-state index in [4.69, 9.17) is 11.6 Å². The molecule has 0 saturated carbocycles. The molecule has 0 aliphatic heterocycles. The van der Waals surface area contributed by atoms with Crippen LogP contribution >= 0.6 is 11.6 Å². The van der Waals surface area contributed by atoms with Gasteiger partial charge in [0.15, 0.2) is 5.15 Å². The summed E-state index contributed by atoms with van der Waals surface area (Å²) >= 11 is 6.13. The second kappa shape index (κ2) is 3.58. The molecule has 1 aromatic rings. The summed E-state index contributed by atoms with van der Waals surface area (Å²) in [6.07, 6.45) is 1.76. The average Bonchev–Trinajstić information content (AvgIpc) is 2.32. The molecule has 0 radical (unpaired) electrons. The maximum atomic E-state index is 6.13. The van der Waals surface area contributed by atoms with E-state index in [9.17, 15) is 0 Å². The fourth-order valence-electron chi connectivity index (χ4n) is 1.11. The molecule has 1 heterocycles. The topological polar surface area (TPSA) is 29.9 Å². The maximum Gasteiger partial charge on any atom is 0.150 e. The zero-order chi connectivity index (χ0) is 10.1. The van der Waals surface area contributed by atoms with Crippen molar-refractivity contribution in [3.63, 3.8) is 0 Å². The number of nitrogens with one attached hydrogen (secondary N) is 1. The zero-order valence-corrected chi connectivity index (χ0v) is 9.31. The number of anilines is 1. The van der Waals surface area contributed by atoms with Crippen LogP contribution < -0.4 is 5.32 Å². The molecule has 1 N–H and O–H groups in total. The molecular formula is C9H16ClN3. The summed E-state index contributed by atoms with van der Waals surface area (Å²) in [5.74, 6) is 0. The highest BCUT2D eigenvalue weighted by Gasteiger charge is 2.19. The lowest BCUT2D eigenvalue weighted by atomic mass is 10.1. The Balaban J connectivity index is 2.99. The Morgan fingerprint density at radius 3 is 2.54 bits per heavy atom. The molecule has 4 heteroatoms. The van der Waals surface area contributed by atoms with Gasteiger partial charge in [-0.1, -0.05) is 11.6 Å². The quantitative estimate of drug-likeness (QED) is 0.798. The molecule has 0 bridgehead atoms. The van der Waals surface area contributed by atoms with Gasteiger partial charge in [-0.2, -0.15) is 5.10 Å². The van der Waals surface area contributed by atoms with Gasteiger partial charge in [-0.05, 0) is 27.7 Å². The minimum atomic E-state index is -0.0647. The highest BCUT2D eigenvalue weighted by Crippen LogP contribution is 2.26. The third-order valence-corrected chi connectivity index (χ3v) is 2.08. The maximum absolute atomic E-state index is 6.13. The van der Waals surface area contributed by atoms with Gasteiger partial charge in [-0.25, -0.2) is 4.68 Å². The number of nitrogens with zero attached hydrogens (tertiary/aromatic N) is 2. The molecule has 0 aliphatic carbocycles. The first-order valence-corrected chi connectivity index (χ1v) is 4.82. The number of halogens is 1. The normalized spacial score (nSPS) is 11.8. The van der Waals surface area contributed by atoms with Gasteiger partial charge in [0.2, 0.25) is 0 Å². The van der Waals surface area contributed by atoms with Crippen molar-refractivity contribution in [1.29, 1.82) is 0 Å². The summed E-state index contributed by atoms with van der Waals surface area (Å²) in [7, 11) is 0. The van der Waals surface area contributed by atoms with Gasteiger partial charge in [0.1, 0.15) is 0 Å². The van der Waals surface area contributed by atoms with Crippen molar-refractivity contribution in [2.75, 3.05) is 11.9 Å². The van der Waals surface area contributed by atoms with Gasteiger partial charge in [0.25, 0.3) is 0 Å². The molecule has 0 spiro atoms. The molecule has 0 saturated heterocycles. The van der Waals surface area contributed by atoms with Crippen molar-refractivity contribution < 1.29 is 0 Å². The van der Waals surface area contributed by atoms with E-state index in [1.807, 2.05) is 11.6 Å². The SMILES string of the molecule is CCNc1cnn(C(C)(C)C)c1Cl. The van der Waals surface area contributed by atoms with E-state index >= 15 is 0 Å². The molecule has 0 unspecified atom stereocenters. The Bertz CT molecular complexity index is 286. The monoisotopic (exact) mass is 201 g/mol. The van der Waals surface area contributed by atoms with Crippen LogP contribution in [0.4, 0.5) is 5.69 Å². The fraction of sp³-hybridized carbons (Fsp3) is 0.667. The molecule has 13 heavy (non-hydrogen) atoms. The second-order valence-corrected chi connectivity index (χ2v) is 4.32. The minimum absolute atomic E-state index is 0.0647. The van der Waals surface area contributed by atoms with E-state index in [0.717, 1.165) is 12.2 Å². The lowest BCUT2D eigenvalue weighted by Gasteiger charge is -2.20. The Morgan fingerprint density at radius 1 is 1.54 bits per heavy atom. The molecule has 0 aliphatic rings. The van der Waals surface area contributed by atoms with E-state index in [0.29, 0.717) is 5.15 Å². The van der Waals surface area contributed by atoms with Crippen molar-refractivity contribution in [1.82, 2.24) is 9.78 Å². The third kappa shape index (κ3) is 2.15. The Hall–Kier alpha value is -0.700. The summed E-state index contributed by atoms with van der Waals surface area (Å²) < 4.78 is 1.81. The molecule has 1 rings (SSSR count). The van der Waals surface area contributed by atoms with Crippen LogP contribution in [-0.4, -0.2) is 16.3 Å². The minimum Gasteiger partial charge on any atom is -0.382 e. The zero-order valence-electron chi connectivity index (χ0n) is 8.56. The van der Waals surface area contributed by atoms with Gasteiger partial charge in [0.05, 0.1) is 17.4 Å². The van der Waals surface area contributed by atoms with Crippen molar-refractivity contribution in [2.45, 2.75) is 33.2 Å². The first kappa shape index (κ1) is 10.4. The summed E-state index contributed by atoms with van der Waals surface area (Å²) in [6, 6.07) is 0. The van der Waals surface area contributed by atoms with Crippen molar-refractivity contribution in [2.24, 2.45) is 0 Å². The molecule has 0 atom stereocenters. The van der Waals surface area contributed by atoms with Crippen LogP contribution in [0.1, 0.15) is 27.7 Å². The van der Waals surface area contributed by atoms with Gasteiger partial charge >= 0.3 is 0 Å². The van der Waals surface area contributed by atoms with E-state index in [1.165, 1.54) is 0 Å². The van der Waals surface area contributed by atoms with Crippen LogP contribution in [-0.2, 0) is 5.54 Å². The number of hydrogen-bond acceptors (Lipinski definition) is 2. The predicted molar refractivity (Wildman–Crippen MR) is 56.4 cm³/mol. The van der Waals surface area contributed by atoms with Crippen LogP contribution in [0.25, 0.3) is 0 Å². The van der Waals surface area contributed by atoms with Gasteiger partial charge in [-0.3, -0.25) is 0 Å². The lowest BCUT2D eigenvalue weighted by Crippen LogP contribution is -2.23. The van der Waals surface area contributed by atoms with Crippen molar-refractivity contribution in [3.8, 4) is 0 Å². The second-order valence-electron chi connectivity index (χ2n) is 3.96.